The molecule has 1 aliphatic rings. The van der Waals surface area contributed by atoms with Crippen LogP contribution in [0.2, 0.25) is 0 Å². The smallest absolute Gasteiger partial charge is 0.329 e. The quantitative estimate of drug-likeness (QED) is 0.776. The van der Waals surface area contributed by atoms with E-state index in [0.29, 0.717) is 5.69 Å². The van der Waals surface area contributed by atoms with Gasteiger partial charge in [-0.3, -0.25) is 4.79 Å². The zero-order valence-corrected chi connectivity index (χ0v) is 14.1. The minimum absolute atomic E-state index is 0.0676. The highest BCUT2D eigenvalue weighted by molar-refractivity contribution is 5.76. The van der Waals surface area contributed by atoms with Crippen molar-refractivity contribution in [2.24, 2.45) is 5.92 Å². The van der Waals surface area contributed by atoms with Crippen LogP contribution in [0, 0.1) is 5.92 Å². The molecule has 3 rings (SSSR count). The van der Waals surface area contributed by atoms with Gasteiger partial charge in [0.05, 0.1) is 5.69 Å². The van der Waals surface area contributed by atoms with E-state index in [4.69, 9.17) is 0 Å². The van der Waals surface area contributed by atoms with Gasteiger partial charge in [-0.05, 0) is 48.2 Å². The van der Waals surface area contributed by atoms with Crippen molar-refractivity contribution in [1.82, 2.24) is 24.7 Å². The molecule has 1 unspecified atom stereocenters. The van der Waals surface area contributed by atoms with Gasteiger partial charge in [0, 0.05) is 6.04 Å². The third kappa shape index (κ3) is 4.12. The molecule has 0 spiro atoms. The molecular weight excluding hydrogens is 351 g/mol. The van der Waals surface area contributed by atoms with Crippen molar-refractivity contribution in [2.75, 3.05) is 6.54 Å². The molecule has 2 aromatic rings. The summed E-state index contributed by atoms with van der Waals surface area (Å²) in [4.78, 5) is 25.6. The second-order valence-electron chi connectivity index (χ2n) is 6.38. The molecular formula is C16H18F3N5O2. The Kier molecular flexibility index (Phi) is 4.84. The van der Waals surface area contributed by atoms with Gasteiger partial charge in [0.2, 0.25) is 5.91 Å². The first-order valence-corrected chi connectivity index (χ1v) is 8.21. The van der Waals surface area contributed by atoms with Crippen molar-refractivity contribution in [3.8, 4) is 5.69 Å². The van der Waals surface area contributed by atoms with Gasteiger partial charge in [-0.15, -0.1) is 0 Å². The van der Waals surface area contributed by atoms with Gasteiger partial charge in [0.15, 0.2) is 0 Å². The minimum Gasteiger partial charge on any atom is -0.329 e. The van der Waals surface area contributed by atoms with E-state index in [9.17, 15) is 22.8 Å². The molecule has 1 atom stereocenters. The highest BCUT2D eigenvalue weighted by atomic mass is 19.4. The maximum absolute atomic E-state index is 12.9. The van der Waals surface area contributed by atoms with Crippen molar-refractivity contribution in [1.29, 1.82) is 0 Å². The molecule has 0 saturated heterocycles. The summed E-state index contributed by atoms with van der Waals surface area (Å²) < 4.78 is 40.3. The van der Waals surface area contributed by atoms with Gasteiger partial charge >= 0.3 is 11.9 Å². The minimum atomic E-state index is -4.51. The summed E-state index contributed by atoms with van der Waals surface area (Å²) in [6, 6.07) is 7.89. The summed E-state index contributed by atoms with van der Waals surface area (Å²) in [6.07, 6.45) is -2.91. The molecule has 0 radical (unpaired) electrons. The average Bonchev–Trinajstić information content (AvgIpc) is 3.37. The first-order chi connectivity index (χ1) is 12.3. The summed E-state index contributed by atoms with van der Waals surface area (Å²) in [5, 5.41) is 7.31. The second kappa shape index (κ2) is 6.93. The highest BCUT2D eigenvalue weighted by Crippen LogP contribution is 2.36. The Morgan fingerprint density at radius 2 is 1.92 bits per heavy atom. The van der Waals surface area contributed by atoms with Crippen LogP contribution in [0.25, 0.3) is 5.69 Å². The van der Waals surface area contributed by atoms with E-state index < -0.39 is 36.9 Å². The van der Waals surface area contributed by atoms with Crippen LogP contribution >= 0.6 is 0 Å². The summed E-state index contributed by atoms with van der Waals surface area (Å²) in [5.74, 6) is -0.734. The number of tetrazole rings is 1. The number of rotatable bonds is 6. The van der Waals surface area contributed by atoms with Crippen molar-refractivity contribution in [3.05, 3.63) is 40.8 Å². The van der Waals surface area contributed by atoms with Gasteiger partial charge in [-0.25, -0.2) is 4.79 Å². The number of nitrogens with zero attached hydrogens (tertiary/aromatic N) is 5. The van der Waals surface area contributed by atoms with Gasteiger partial charge in [-0.1, -0.05) is 18.2 Å². The molecule has 1 aromatic heterocycles. The SMILES string of the molecule is CC(C1CC1)N(CC(F)(F)F)C(=O)Cn1nnn(-c2ccccc2)c1=O. The number of alkyl halides is 3. The molecule has 1 fully saturated rings. The second-order valence-corrected chi connectivity index (χ2v) is 6.38. The number of para-hydroxylation sites is 1. The van der Waals surface area contributed by atoms with E-state index in [1.165, 1.54) is 0 Å². The van der Waals surface area contributed by atoms with Crippen LogP contribution < -0.4 is 5.69 Å². The molecule has 1 amide bonds. The Bertz CT molecular complexity index is 826. The third-order valence-electron chi connectivity index (χ3n) is 4.39. The van der Waals surface area contributed by atoms with Gasteiger partial charge < -0.3 is 4.90 Å². The molecule has 0 aliphatic heterocycles. The molecule has 10 heteroatoms. The molecule has 1 saturated carbocycles. The summed E-state index contributed by atoms with van der Waals surface area (Å²) in [6.45, 7) is -0.325. The van der Waals surface area contributed by atoms with Crippen LogP contribution in [-0.2, 0) is 11.3 Å². The van der Waals surface area contributed by atoms with Gasteiger partial charge in [-0.2, -0.15) is 22.5 Å². The van der Waals surface area contributed by atoms with Crippen LogP contribution in [0.5, 0.6) is 0 Å². The van der Waals surface area contributed by atoms with Crippen LogP contribution in [0.15, 0.2) is 35.1 Å². The number of carbonyl (C=O) groups is 1. The van der Waals surface area contributed by atoms with E-state index in [1.807, 2.05) is 0 Å². The highest BCUT2D eigenvalue weighted by Gasteiger charge is 2.40. The Morgan fingerprint density at radius 1 is 1.27 bits per heavy atom. The molecule has 140 valence electrons. The Labute approximate surface area is 147 Å². The van der Waals surface area contributed by atoms with Crippen LogP contribution in [-0.4, -0.2) is 49.4 Å². The van der Waals surface area contributed by atoms with Crippen molar-refractivity contribution in [3.63, 3.8) is 0 Å². The predicted octanol–water partition coefficient (Wildman–Crippen LogP) is 1.62. The number of halogens is 3. The molecule has 1 heterocycles. The van der Waals surface area contributed by atoms with Crippen LogP contribution in [0.3, 0.4) is 0 Å². The number of hydrogen-bond donors (Lipinski definition) is 0. The third-order valence-corrected chi connectivity index (χ3v) is 4.39. The topological polar surface area (TPSA) is 73.0 Å². The van der Waals surface area contributed by atoms with E-state index in [1.54, 1.807) is 37.3 Å². The number of aromatic nitrogens is 4. The fourth-order valence-electron chi connectivity index (χ4n) is 2.81. The number of benzene rings is 1. The van der Waals surface area contributed by atoms with E-state index in [0.717, 1.165) is 27.1 Å². The molecule has 1 aliphatic carbocycles. The predicted molar refractivity (Wildman–Crippen MR) is 85.6 cm³/mol. The molecule has 0 bridgehead atoms. The van der Waals surface area contributed by atoms with Crippen molar-refractivity contribution < 1.29 is 18.0 Å². The number of hydrogen-bond acceptors (Lipinski definition) is 4. The molecule has 0 N–H and O–H groups in total. The standard InChI is InChI=1S/C16H18F3N5O2/c1-11(12-7-8-12)22(10-16(17,18)19)14(25)9-23-15(26)24(21-20-23)13-5-3-2-4-6-13/h2-6,11-12H,7-10H2,1H3. The maximum atomic E-state index is 12.9. The van der Waals surface area contributed by atoms with E-state index in [-0.39, 0.29) is 5.92 Å². The molecule has 1 aromatic carbocycles. The maximum Gasteiger partial charge on any atom is 0.406 e. The zero-order valence-electron chi connectivity index (χ0n) is 14.1. The number of amides is 1. The Hall–Kier alpha value is -2.65. The fourth-order valence-corrected chi connectivity index (χ4v) is 2.81. The largest absolute Gasteiger partial charge is 0.406 e. The monoisotopic (exact) mass is 369 g/mol. The van der Waals surface area contributed by atoms with Crippen LogP contribution in [0.4, 0.5) is 13.2 Å². The Balaban J connectivity index is 1.79. The Morgan fingerprint density at radius 3 is 2.50 bits per heavy atom. The van der Waals surface area contributed by atoms with Crippen molar-refractivity contribution >= 4 is 5.91 Å². The zero-order chi connectivity index (χ0) is 18.9. The summed E-state index contributed by atoms with van der Waals surface area (Å²) >= 11 is 0. The normalized spacial score (nSPS) is 15.7. The van der Waals surface area contributed by atoms with E-state index in [2.05, 4.69) is 10.4 Å². The van der Waals surface area contributed by atoms with Crippen molar-refractivity contribution in [2.45, 2.75) is 38.5 Å². The summed E-state index contributed by atoms with van der Waals surface area (Å²) in [5.41, 5.74) is -0.231. The molecule has 26 heavy (non-hydrogen) atoms. The lowest BCUT2D eigenvalue weighted by Crippen LogP contribution is -2.47. The lowest BCUT2D eigenvalue weighted by atomic mass is 10.1. The van der Waals surface area contributed by atoms with E-state index >= 15 is 0 Å². The first kappa shape index (κ1) is 18.2. The fraction of sp³-hybridized carbons (Fsp3) is 0.500. The van der Waals surface area contributed by atoms with Gasteiger partial charge in [0.25, 0.3) is 0 Å². The number of carbonyl (C=O) groups excluding carboxylic acids is 1. The lowest BCUT2D eigenvalue weighted by molar-refractivity contribution is -0.166. The van der Waals surface area contributed by atoms with Gasteiger partial charge in [0.1, 0.15) is 13.1 Å². The summed E-state index contributed by atoms with van der Waals surface area (Å²) in [7, 11) is 0. The average molecular weight is 369 g/mol. The van der Waals surface area contributed by atoms with Crippen LogP contribution in [0.1, 0.15) is 19.8 Å². The first-order valence-electron chi connectivity index (χ1n) is 8.21. The lowest BCUT2D eigenvalue weighted by Gasteiger charge is -2.30. The molecule has 7 nitrogen and oxygen atoms in total.